The van der Waals surface area contributed by atoms with Crippen molar-refractivity contribution in [1.29, 1.82) is 0 Å². The SMILES string of the molecule is Cc1ccc(CNC(=O)C2CSCC(=O)N2)cc1. The first-order valence-electron chi connectivity index (χ1n) is 5.85. The van der Waals surface area contributed by atoms with E-state index >= 15 is 0 Å². The molecule has 1 aromatic carbocycles. The third-order valence-corrected chi connectivity index (χ3v) is 3.79. The van der Waals surface area contributed by atoms with Crippen molar-refractivity contribution in [2.75, 3.05) is 11.5 Å². The number of benzene rings is 1. The monoisotopic (exact) mass is 264 g/mol. The molecule has 1 aromatic rings. The summed E-state index contributed by atoms with van der Waals surface area (Å²) in [5.41, 5.74) is 2.25. The Labute approximate surface area is 111 Å². The number of carbonyl (C=O) groups is 2. The molecule has 2 rings (SSSR count). The maximum Gasteiger partial charge on any atom is 0.243 e. The van der Waals surface area contributed by atoms with Gasteiger partial charge < -0.3 is 10.6 Å². The van der Waals surface area contributed by atoms with E-state index in [2.05, 4.69) is 10.6 Å². The predicted molar refractivity (Wildman–Crippen MR) is 72.3 cm³/mol. The van der Waals surface area contributed by atoms with Gasteiger partial charge in [0, 0.05) is 12.3 Å². The Bertz CT molecular complexity index is 445. The van der Waals surface area contributed by atoms with E-state index in [-0.39, 0.29) is 11.8 Å². The van der Waals surface area contributed by atoms with E-state index in [1.54, 1.807) is 0 Å². The highest BCUT2D eigenvalue weighted by Crippen LogP contribution is 2.09. The van der Waals surface area contributed by atoms with Crippen LogP contribution in [0.5, 0.6) is 0 Å². The minimum absolute atomic E-state index is 0.0678. The number of rotatable bonds is 3. The Morgan fingerprint density at radius 1 is 1.44 bits per heavy atom. The summed E-state index contributed by atoms with van der Waals surface area (Å²) in [6.45, 7) is 2.52. The second-order valence-electron chi connectivity index (χ2n) is 4.34. The van der Waals surface area contributed by atoms with Gasteiger partial charge in [0.2, 0.25) is 11.8 Å². The number of amides is 2. The maximum absolute atomic E-state index is 11.8. The molecule has 96 valence electrons. The molecule has 1 aliphatic heterocycles. The zero-order chi connectivity index (χ0) is 13.0. The highest BCUT2D eigenvalue weighted by atomic mass is 32.2. The van der Waals surface area contributed by atoms with Gasteiger partial charge in [-0.25, -0.2) is 0 Å². The van der Waals surface area contributed by atoms with Gasteiger partial charge in [-0.1, -0.05) is 29.8 Å². The number of hydrogen-bond donors (Lipinski definition) is 2. The van der Waals surface area contributed by atoms with E-state index in [1.807, 2.05) is 31.2 Å². The predicted octanol–water partition coefficient (Wildman–Crippen LogP) is 0.843. The van der Waals surface area contributed by atoms with Gasteiger partial charge in [-0.15, -0.1) is 11.8 Å². The van der Waals surface area contributed by atoms with Gasteiger partial charge >= 0.3 is 0 Å². The van der Waals surface area contributed by atoms with Crippen LogP contribution in [0.15, 0.2) is 24.3 Å². The smallest absolute Gasteiger partial charge is 0.243 e. The molecule has 2 amide bonds. The summed E-state index contributed by atoms with van der Waals surface area (Å²) in [5.74, 6) is 0.908. The molecular weight excluding hydrogens is 248 g/mol. The summed E-state index contributed by atoms with van der Waals surface area (Å²) in [5, 5.41) is 5.53. The van der Waals surface area contributed by atoms with E-state index in [0.717, 1.165) is 5.56 Å². The third-order valence-electron chi connectivity index (χ3n) is 2.76. The molecule has 0 aromatic heterocycles. The second-order valence-corrected chi connectivity index (χ2v) is 5.37. The van der Waals surface area contributed by atoms with Crippen molar-refractivity contribution in [1.82, 2.24) is 10.6 Å². The molecule has 1 unspecified atom stereocenters. The largest absolute Gasteiger partial charge is 0.350 e. The Kier molecular flexibility index (Phi) is 4.25. The van der Waals surface area contributed by atoms with Crippen LogP contribution < -0.4 is 10.6 Å². The molecule has 1 heterocycles. The van der Waals surface area contributed by atoms with Crippen LogP contribution in [0.25, 0.3) is 0 Å². The first-order valence-corrected chi connectivity index (χ1v) is 7.01. The lowest BCUT2D eigenvalue weighted by molar-refractivity contribution is -0.127. The maximum atomic E-state index is 11.8. The van der Waals surface area contributed by atoms with Gasteiger partial charge in [0.1, 0.15) is 6.04 Å². The average Bonchev–Trinajstić information content (AvgIpc) is 2.38. The molecule has 0 spiro atoms. The molecule has 4 nitrogen and oxygen atoms in total. The van der Waals surface area contributed by atoms with Crippen LogP contribution in [0, 0.1) is 6.92 Å². The lowest BCUT2D eigenvalue weighted by atomic mass is 10.1. The molecule has 5 heteroatoms. The number of thioether (sulfide) groups is 1. The summed E-state index contributed by atoms with van der Waals surface area (Å²) < 4.78 is 0. The first-order chi connectivity index (χ1) is 8.65. The molecule has 1 fully saturated rings. The highest BCUT2D eigenvalue weighted by Gasteiger charge is 2.24. The molecule has 0 radical (unpaired) electrons. The van der Waals surface area contributed by atoms with Gasteiger partial charge in [0.15, 0.2) is 0 Å². The lowest BCUT2D eigenvalue weighted by Crippen LogP contribution is -2.51. The zero-order valence-corrected chi connectivity index (χ0v) is 11.0. The Morgan fingerprint density at radius 2 is 2.17 bits per heavy atom. The van der Waals surface area contributed by atoms with Gasteiger partial charge in [0.05, 0.1) is 5.75 Å². The number of nitrogens with one attached hydrogen (secondary N) is 2. The quantitative estimate of drug-likeness (QED) is 0.850. The number of aryl methyl sites for hydroxylation is 1. The lowest BCUT2D eigenvalue weighted by Gasteiger charge is -2.22. The number of carbonyl (C=O) groups excluding carboxylic acids is 2. The van der Waals surface area contributed by atoms with Crippen molar-refractivity contribution >= 4 is 23.6 Å². The van der Waals surface area contributed by atoms with Gasteiger partial charge in [0.25, 0.3) is 0 Å². The molecule has 0 saturated carbocycles. The van der Waals surface area contributed by atoms with Crippen molar-refractivity contribution in [3.05, 3.63) is 35.4 Å². The van der Waals surface area contributed by atoms with Crippen molar-refractivity contribution in [3.63, 3.8) is 0 Å². The summed E-state index contributed by atoms with van der Waals surface area (Å²) in [7, 11) is 0. The molecule has 1 saturated heterocycles. The molecule has 0 bridgehead atoms. The van der Waals surface area contributed by atoms with Gasteiger partial charge in [-0.2, -0.15) is 0 Å². The molecule has 1 atom stereocenters. The van der Waals surface area contributed by atoms with Gasteiger partial charge in [-0.05, 0) is 12.5 Å². The van der Waals surface area contributed by atoms with Crippen LogP contribution in [0.2, 0.25) is 0 Å². The zero-order valence-electron chi connectivity index (χ0n) is 10.2. The fourth-order valence-corrected chi connectivity index (χ4v) is 2.56. The van der Waals surface area contributed by atoms with E-state index in [9.17, 15) is 9.59 Å². The van der Waals surface area contributed by atoms with Crippen molar-refractivity contribution in [3.8, 4) is 0 Å². The highest BCUT2D eigenvalue weighted by molar-refractivity contribution is 8.00. The summed E-state index contributed by atoms with van der Waals surface area (Å²) >= 11 is 1.49. The standard InChI is InChI=1S/C13H16N2O2S/c1-9-2-4-10(5-3-9)6-14-13(17)11-7-18-8-12(16)15-11/h2-5,11H,6-8H2,1H3,(H,14,17)(H,15,16). The summed E-state index contributed by atoms with van der Waals surface area (Å²) in [4.78, 5) is 23.0. The first kappa shape index (κ1) is 13.0. The van der Waals surface area contributed by atoms with Crippen LogP contribution in [-0.2, 0) is 16.1 Å². The van der Waals surface area contributed by atoms with Crippen LogP contribution in [-0.4, -0.2) is 29.4 Å². The van der Waals surface area contributed by atoms with Crippen LogP contribution in [0.4, 0.5) is 0 Å². The van der Waals surface area contributed by atoms with Crippen LogP contribution in [0.3, 0.4) is 0 Å². The fourth-order valence-electron chi connectivity index (χ4n) is 1.71. The molecule has 18 heavy (non-hydrogen) atoms. The van der Waals surface area contributed by atoms with Crippen LogP contribution in [0.1, 0.15) is 11.1 Å². The topological polar surface area (TPSA) is 58.2 Å². The van der Waals surface area contributed by atoms with E-state index in [1.165, 1.54) is 17.3 Å². The summed E-state index contributed by atoms with van der Waals surface area (Å²) in [6, 6.07) is 7.61. The molecule has 0 aliphatic carbocycles. The average molecular weight is 264 g/mol. The summed E-state index contributed by atoms with van der Waals surface area (Å²) in [6.07, 6.45) is 0. The van der Waals surface area contributed by atoms with E-state index < -0.39 is 6.04 Å². The number of hydrogen-bond acceptors (Lipinski definition) is 3. The van der Waals surface area contributed by atoms with E-state index in [0.29, 0.717) is 18.1 Å². The minimum atomic E-state index is -0.401. The third kappa shape index (κ3) is 3.50. The van der Waals surface area contributed by atoms with Crippen molar-refractivity contribution in [2.24, 2.45) is 0 Å². The Hall–Kier alpha value is -1.49. The Morgan fingerprint density at radius 3 is 2.83 bits per heavy atom. The van der Waals surface area contributed by atoms with E-state index in [4.69, 9.17) is 0 Å². The normalized spacial score (nSPS) is 19.2. The molecular formula is C13H16N2O2S. The van der Waals surface area contributed by atoms with Crippen molar-refractivity contribution < 1.29 is 9.59 Å². The van der Waals surface area contributed by atoms with Crippen molar-refractivity contribution in [2.45, 2.75) is 19.5 Å². The molecule has 2 N–H and O–H groups in total. The van der Waals surface area contributed by atoms with Gasteiger partial charge in [-0.3, -0.25) is 9.59 Å². The fraction of sp³-hybridized carbons (Fsp3) is 0.385. The molecule has 1 aliphatic rings. The second kappa shape index (κ2) is 5.91. The minimum Gasteiger partial charge on any atom is -0.350 e. The van der Waals surface area contributed by atoms with Crippen LogP contribution >= 0.6 is 11.8 Å². The Balaban J connectivity index is 1.84.